The summed E-state index contributed by atoms with van der Waals surface area (Å²) in [4.78, 5) is 12.5. The van der Waals surface area contributed by atoms with Crippen molar-refractivity contribution in [1.82, 2.24) is 15.0 Å². The van der Waals surface area contributed by atoms with Crippen molar-refractivity contribution >= 4 is 0 Å². The number of halogens is 13. The van der Waals surface area contributed by atoms with Crippen LogP contribution in [-0.4, -0.2) is 15.0 Å². The lowest BCUT2D eigenvalue weighted by atomic mass is 9.85. The number of alkyl halides is 8. The Morgan fingerprint density at radius 1 is 0.211 bits per heavy atom. The van der Waals surface area contributed by atoms with Crippen LogP contribution in [0.25, 0.3) is 112 Å². The number of hydrogen-bond acceptors (Lipinski definition) is 3. The number of aromatic nitrogens is 3. The maximum atomic E-state index is 17.5. The van der Waals surface area contributed by atoms with Gasteiger partial charge < -0.3 is 0 Å². The zero-order valence-corrected chi connectivity index (χ0v) is 49.3. The Kier molecular flexibility index (Phi) is 16.5. The Morgan fingerprint density at radius 3 is 1.06 bits per heavy atom. The number of rotatable bonds is 16. The lowest BCUT2D eigenvalue weighted by Crippen LogP contribution is -2.38. The highest BCUT2D eigenvalue weighted by atomic mass is 19.3. The number of nitrogens with zero attached hydrogens (tertiary/aromatic N) is 3. The van der Waals surface area contributed by atoms with Gasteiger partial charge >= 0.3 is 23.7 Å². The van der Waals surface area contributed by atoms with Gasteiger partial charge in [-0.25, -0.2) is 22.0 Å². The van der Waals surface area contributed by atoms with Gasteiger partial charge in [-0.05, 0) is 147 Å². The first-order valence-corrected chi connectivity index (χ1v) is 29.5. The van der Waals surface area contributed by atoms with Gasteiger partial charge in [0.25, 0.3) is 0 Å². The molecule has 13 aromatic rings. The summed E-state index contributed by atoms with van der Waals surface area (Å²) < 4.78 is 216. The predicted octanol–water partition coefficient (Wildman–Crippen LogP) is 23.0. The van der Waals surface area contributed by atoms with Gasteiger partial charge in [0.15, 0.2) is 0 Å². The van der Waals surface area contributed by atoms with Crippen molar-refractivity contribution < 1.29 is 57.1 Å². The van der Waals surface area contributed by atoms with E-state index in [-0.39, 0.29) is 62.0 Å². The first-order chi connectivity index (χ1) is 45.7. The molecule has 0 aliphatic heterocycles. The minimum Gasteiger partial charge on any atom is -0.256 e. The van der Waals surface area contributed by atoms with Crippen LogP contribution in [-0.2, 0) is 23.7 Å². The van der Waals surface area contributed by atoms with E-state index in [2.05, 4.69) is 9.97 Å². The fourth-order valence-corrected chi connectivity index (χ4v) is 11.6. The molecule has 95 heavy (non-hydrogen) atoms. The fraction of sp³-hybridized carbons (Fsp3) is 0.0506. The monoisotopic (exact) mass is 1280 g/mol. The summed E-state index contributed by atoms with van der Waals surface area (Å²) in [5, 5.41) is 0. The normalized spacial score (nSPS) is 12.1. The van der Waals surface area contributed by atoms with E-state index in [9.17, 15) is 0 Å². The van der Waals surface area contributed by atoms with Gasteiger partial charge in [0.05, 0.1) is 28.2 Å². The van der Waals surface area contributed by atoms with Gasteiger partial charge in [-0.3, -0.25) is 15.0 Å². The first-order valence-electron chi connectivity index (χ1n) is 29.5. The zero-order valence-electron chi connectivity index (χ0n) is 49.3. The number of pyridine rings is 3. The molecule has 16 heteroatoms. The van der Waals surface area contributed by atoms with E-state index in [4.69, 9.17) is 4.98 Å². The number of benzene rings is 10. The Balaban J connectivity index is 0.947. The van der Waals surface area contributed by atoms with Crippen LogP contribution in [0.15, 0.2) is 279 Å². The van der Waals surface area contributed by atoms with Crippen molar-refractivity contribution in [3.05, 3.63) is 331 Å². The Bertz CT molecular complexity index is 4800. The summed E-state index contributed by atoms with van der Waals surface area (Å²) in [6.45, 7) is 0. The van der Waals surface area contributed by atoms with E-state index >= 15 is 57.1 Å². The van der Waals surface area contributed by atoms with Crippen molar-refractivity contribution in [3.63, 3.8) is 0 Å². The van der Waals surface area contributed by atoms with Crippen LogP contribution in [0.5, 0.6) is 0 Å². The van der Waals surface area contributed by atoms with Crippen molar-refractivity contribution in [2.45, 2.75) is 23.7 Å². The van der Waals surface area contributed by atoms with Crippen LogP contribution in [0.3, 0.4) is 0 Å². The van der Waals surface area contributed by atoms with E-state index in [1.807, 2.05) is 42.5 Å². The van der Waals surface area contributed by atoms with Gasteiger partial charge in [-0.1, -0.05) is 170 Å². The maximum absolute atomic E-state index is 17.5. The third kappa shape index (κ3) is 11.6. The van der Waals surface area contributed by atoms with Gasteiger partial charge in [-0.2, -0.15) is 35.1 Å². The van der Waals surface area contributed by atoms with Crippen LogP contribution < -0.4 is 0 Å². The molecule has 3 heterocycles. The standard InChI is InChI=1S/C79H46F13N3/c80-66-34-29-53(41-64(66)49-17-7-2-8-18-49)71-43-63(50-27-25-48(26-28-50)47-15-5-1-6-16-47)65(46-95-71)60-24-14-13-23-59(60)54-39-57(78(89,90)76(85,86)55-30-37-69(93-44-55)61-32-35-67(81)72(74(61)83)51-19-9-3-10-20-51)42-58(40-54)79(91,92)77(87,88)56-31-38-70(94-45-56)62-33-36-68(82)73(75(62)84)52-21-11-4-12-22-52/h1-46H. The van der Waals surface area contributed by atoms with E-state index in [1.165, 1.54) is 91.1 Å². The van der Waals surface area contributed by atoms with Crippen LogP contribution in [0.4, 0.5) is 57.1 Å². The molecule has 0 radical (unpaired) electrons. The summed E-state index contributed by atoms with van der Waals surface area (Å²) in [5.41, 5.74) is -5.31. The van der Waals surface area contributed by atoms with Gasteiger partial charge in [0.1, 0.15) is 29.1 Å². The molecule has 0 saturated carbocycles. The molecule has 10 aromatic carbocycles. The third-order valence-electron chi connectivity index (χ3n) is 16.6. The lowest BCUT2D eigenvalue weighted by molar-refractivity contribution is -0.227. The summed E-state index contributed by atoms with van der Waals surface area (Å²) in [6, 6.07) is 59.3. The zero-order chi connectivity index (χ0) is 66.4. The third-order valence-corrected chi connectivity index (χ3v) is 16.6. The van der Waals surface area contributed by atoms with E-state index in [0.717, 1.165) is 47.5 Å². The minimum atomic E-state index is -5.55. The summed E-state index contributed by atoms with van der Waals surface area (Å²) in [7, 11) is 0. The maximum Gasteiger partial charge on any atom is 0.341 e. The summed E-state index contributed by atoms with van der Waals surface area (Å²) in [5.74, 6) is -26.6. The summed E-state index contributed by atoms with van der Waals surface area (Å²) in [6.07, 6.45) is 2.03. The van der Waals surface area contributed by atoms with Crippen molar-refractivity contribution in [3.8, 4) is 112 Å². The van der Waals surface area contributed by atoms with Crippen LogP contribution in [0, 0.1) is 29.1 Å². The summed E-state index contributed by atoms with van der Waals surface area (Å²) >= 11 is 0. The number of hydrogen-bond donors (Lipinski definition) is 0. The van der Waals surface area contributed by atoms with Crippen molar-refractivity contribution in [2.75, 3.05) is 0 Å². The molecule has 0 bridgehead atoms. The predicted molar refractivity (Wildman–Crippen MR) is 342 cm³/mol. The highest BCUT2D eigenvalue weighted by Crippen LogP contribution is 2.55. The molecular weight excluding hydrogens is 1240 g/mol. The average molecular weight is 1280 g/mol. The van der Waals surface area contributed by atoms with E-state index < -0.39 is 91.7 Å². The highest BCUT2D eigenvalue weighted by Gasteiger charge is 2.62. The molecule has 0 atom stereocenters. The second-order valence-electron chi connectivity index (χ2n) is 22.4. The van der Waals surface area contributed by atoms with Crippen LogP contribution in [0.2, 0.25) is 0 Å². The largest absolute Gasteiger partial charge is 0.341 e. The molecule has 0 amide bonds. The topological polar surface area (TPSA) is 38.7 Å². The van der Waals surface area contributed by atoms with Gasteiger partial charge in [-0.15, -0.1) is 0 Å². The Hall–Kier alpha value is -11.3. The molecule has 13 rings (SSSR count). The first kappa shape index (κ1) is 62.5. The molecule has 3 aromatic heterocycles. The second-order valence-corrected chi connectivity index (χ2v) is 22.4. The molecule has 3 nitrogen and oxygen atoms in total. The Morgan fingerprint density at radius 2 is 0.589 bits per heavy atom. The molecule has 0 unspecified atom stereocenters. The van der Waals surface area contributed by atoms with E-state index in [0.29, 0.717) is 64.6 Å². The quantitative estimate of drug-likeness (QED) is 0.0905. The molecule has 0 spiro atoms. The van der Waals surface area contributed by atoms with Crippen LogP contribution >= 0.6 is 0 Å². The van der Waals surface area contributed by atoms with Gasteiger partial charge in [0.2, 0.25) is 0 Å². The lowest BCUT2D eigenvalue weighted by Gasteiger charge is -2.31. The average Bonchev–Trinajstić information content (AvgIpc) is 0.740. The molecule has 0 N–H and O–H groups in total. The fourth-order valence-electron chi connectivity index (χ4n) is 11.6. The minimum absolute atomic E-state index is 0.0810. The van der Waals surface area contributed by atoms with Gasteiger partial charge in [0, 0.05) is 68.7 Å². The SMILES string of the molecule is Fc1ccc(-c2cc(-c3ccc(-c4ccccc4)cc3)c(-c3ccccc3-c3cc(C(F)(F)C(F)(F)c4ccc(-c5ccc(F)c(-c6ccccc6)c5F)nc4)cc(C(F)(F)C(F)(F)c4ccc(-c5ccc(F)c(-c6ccccc6)c5F)nc4)c3)cn2)cc1-c1ccccc1. The van der Waals surface area contributed by atoms with Crippen LogP contribution in [0.1, 0.15) is 22.3 Å². The second kappa shape index (κ2) is 25.0. The molecule has 0 aliphatic carbocycles. The molecule has 0 saturated heterocycles. The Labute approximate surface area is 535 Å². The molecular formula is C79H46F13N3. The van der Waals surface area contributed by atoms with E-state index in [1.54, 1.807) is 66.7 Å². The van der Waals surface area contributed by atoms with Crippen molar-refractivity contribution in [1.29, 1.82) is 0 Å². The molecule has 0 fully saturated rings. The molecule has 0 aliphatic rings. The molecule has 468 valence electrons. The smallest absolute Gasteiger partial charge is 0.256 e. The highest BCUT2D eigenvalue weighted by molar-refractivity contribution is 5.93. The van der Waals surface area contributed by atoms with Crippen molar-refractivity contribution in [2.24, 2.45) is 0 Å².